The van der Waals surface area contributed by atoms with Gasteiger partial charge in [0, 0.05) is 53.3 Å². The van der Waals surface area contributed by atoms with Crippen molar-refractivity contribution in [1.29, 1.82) is 0 Å². The van der Waals surface area contributed by atoms with Gasteiger partial charge in [0.05, 0.1) is 17.6 Å². The molecular formula is C23H23N3O5S. The minimum absolute atomic E-state index is 0.0275. The molecule has 1 aliphatic heterocycles. The topological polar surface area (TPSA) is 109 Å². The number of nitrogens with zero attached hydrogens (tertiary/aromatic N) is 1. The summed E-state index contributed by atoms with van der Waals surface area (Å²) in [5.41, 5.74) is 3.85. The Morgan fingerprint density at radius 2 is 1.81 bits per heavy atom. The number of benzene rings is 2. The van der Waals surface area contributed by atoms with E-state index in [0.29, 0.717) is 30.6 Å². The second kappa shape index (κ2) is 7.75. The van der Waals surface area contributed by atoms with Crippen molar-refractivity contribution in [3.05, 3.63) is 64.8 Å². The molecule has 1 aromatic heterocycles. The van der Waals surface area contributed by atoms with Gasteiger partial charge < -0.3 is 14.6 Å². The first-order valence-corrected chi connectivity index (χ1v) is 12.0. The number of esters is 1. The van der Waals surface area contributed by atoms with Crippen LogP contribution in [0.1, 0.15) is 44.8 Å². The number of ether oxygens (including phenoxy) is 1. The summed E-state index contributed by atoms with van der Waals surface area (Å²) in [6.45, 7) is 0.952. The van der Waals surface area contributed by atoms with E-state index in [1.54, 1.807) is 29.2 Å². The SMILES string of the molecule is COC(=O)c1ccc2[nH]c3c(c2c1)CN(C(=O)c1ccc(S(=O)(=O)NC2CC2)cc1)CC3. The number of hydrogen-bond donors (Lipinski definition) is 2. The van der Waals surface area contributed by atoms with Gasteiger partial charge in [-0.25, -0.2) is 17.9 Å². The fourth-order valence-corrected chi connectivity index (χ4v) is 5.39. The molecule has 0 bridgehead atoms. The lowest BCUT2D eigenvalue weighted by Crippen LogP contribution is -2.35. The van der Waals surface area contributed by atoms with Crippen molar-refractivity contribution in [3.63, 3.8) is 0 Å². The van der Waals surface area contributed by atoms with Crippen LogP contribution in [0.3, 0.4) is 0 Å². The zero-order valence-corrected chi connectivity index (χ0v) is 18.4. The van der Waals surface area contributed by atoms with Gasteiger partial charge in [0.1, 0.15) is 0 Å². The van der Waals surface area contributed by atoms with Crippen LogP contribution < -0.4 is 4.72 Å². The Bertz CT molecular complexity index is 1320. The van der Waals surface area contributed by atoms with Crippen molar-refractivity contribution in [2.75, 3.05) is 13.7 Å². The second-order valence-electron chi connectivity index (χ2n) is 8.23. The van der Waals surface area contributed by atoms with Crippen molar-refractivity contribution < 1.29 is 22.7 Å². The van der Waals surface area contributed by atoms with Gasteiger partial charge in [0.2, 0.25) is 10.0 Å². The molecule has 0 radical (unpaired) electrons. The minimum atomic E-state index is -3.55. The summed E-state index contributed by atoms with van der Waals surface area (Å²) in [6, 6.07) is 11.4. The molecule has 166 valence electrons. The zero-order chi connectivity index (χ0) is 22.5. The number of amides is 1. The number of carbonyl (C=O) groups is 2. The van der Waals surface area contributed by atoms with Crippen LogP contribution >= 0.6 is 0 Å². The van der Waals surface area contributed by atoms with Gasteiger partial charge in [-0.1, -0.05) is 0 Å². The zero-order valence-electron chi connectivity index (χ0n) is 17.6. The van der Waals surface area contributed by atoms with Crippen LogP contribution in [-0.4, -0.2) is 49.9 Å². The standard InChI is InChI=1S/C23H23N3O5S/c1-31-23(28)15-4-9-20-18(12-15)19-13-26(11-10-21(19)24-20)22(27)14-2-7-17(8-3-14)32(29,30)25-16-5-6-16/h2-4,7-9,12,16,24-25H,5-6,10-11,13H2,1H3. The van der Waals surface area contributed by atoms with Gasteiger partial charge >= 0.3 is 5.97 Å². The highest BCUT2D eigenvalue weighted by Gasteiger charge is 2.29. The molecule has 8 nitrogen and oxygen atoms in total. The van der Waals surface area contributed by atoms with Crippen LogP contribution in [0.5, 0.6) is 0 Å². The average molecular weight is 454 g/mol. The smallest absolute Gasteiger partial charge is 0.337 e. The molecule has 1 fully saturated rings. The second-order valence-corrected chi connectivity index (χ2v) is 9.94. The maximum Gasteiger partial charge on any atom is 0.337 e. The lowest BCUT2D eigenvalue weighted by Gasteiger charge is -2.27. The van der Waals surface area contributed by atoms with Crippen molar-refractivity contribution in [2.45, 2.75) is 36.7 Å². The predicted octanol–water partition coefficient (Wildman–Crippen LogP) is 2.59. The van der Waals surface area contributed by atoms with Gasteiger partial charge in [-0.3, -0.25) is 4.79 Å². The fourth-order valence-electron chi connectivity index (χ4n) is 4.08. The molecular weight excluding hydrogens is 430 g/mol. The van der Waals surface area contributed by atoms with E-state index in [1.165, 1.54) is 19.2 Å². The minimum Gasteiger partial charge on any atom is -0.465 e. The molecule has 2 heterocycles. The molecule has 2 aliphatic rings. The first-order valence-electron chi connectivity index (χ1n) is 10.5. The maximum atomic E-state index is 13.1. The van der Waals surface area contributed by atoms with Crippen LogP contribution in [0.4, 0.5) is 0 Å². The van der Waals surface area contributed by atoms with Gasteiger partial charge in [0.25, 0.3) is 5.91 Å². The quantitative estimate of drug-likeness (QED) is 0.578. The molecule has 0 spiro atoms. The Balaban J connectivity index is 1.38. The number of aromatic amines is 1. The lowest BCUT2D eigenvalue weighted by molar-refractivity contribution is 0.0600. The summed E-state index contributed by atoms with van der Waals surface area (Å²) in [5.74, 6) is -0.565. The maximum absolute atomic E-state index is 13.1. The van der Waals surface area contributed by atoms with Crippen molar-refractivity contribution in [3.8, 4) is 0 Å². The van der Waals surface area contributed by atoms with E-state index in [9.17, 15) is 18.0 Å². The Morgan fingerprint density at radius 3 is 2.50 bits per heavy atom. The van der Waals surface area contributed by atoms with Crippen molar-refractivity contribution in [2.24, 2.45) is 0 Å². The fraction of sp³-hybridized carbons (Fsp3) is 0.304. The number of sulfonamides is 1. The Kier molecular flexibility index (Phi) is 5.02. The Labute approximate surface area is 185 Å². The molecule has 0 saturated heterocycles. The molecule has 2 aromatic carbocycles. The number of carbonyl (C=O) groups excluding carboxylic acids is 2. The molecule has 0 atom stereocenters. The molecule has 1 saturated carbocycles. The van der Waals surface area contributed by atoms with Crippen LogP contribution in [0, 0.1) is 0 Å². The molecule has 1 aliphatic carbocycles. The number of fused-ring (bicyclic) bond motifs is 3. The number of rotatable bonds is 5. The first-order chi connectivity index (χ1) is 15.4. The molecule has 5 rings (SSSR count). The molecule has 3 aromatic rings. The van der Waals surface area contributed by atoms with E-state index in [2.05, 4.69) is 9.71 Å². The van der Waals surface area contributed by atoms with E-state index in [-0.39, 0.29) is 16.8 Å². The highest BCUT2D eigenvalue weighted by molar-refractivity contribution is 7.89. The molecule has 0 unspecified atom stereocenters. The molecule has 9 heteroatoms. The summed E-state index contributed by atoms with van der Waals surface area (Å²) in [4.78, 5) is 30.3. The highest BCUT2D eigenvalue weighted by Crippen LogP contribution is 2.30. The van der Waals surface area contributed by atoms with Crippen LogP contribution in [0.2, 0.25) is 0 Å². The molecule has 32 heavy (non-hydrogen) atoms. The van der Waals surface area contributed by atoms with Crippen LogP contribution in [-0.2, 0) is 27.7 Å². The van der Waals surface area contributed by atoms with Crippen molar-refractivity contribution >= 4 is 32.8 Å². The first kappa shape index (κ1) is 20.7. The number of nitrogens with one attached hydrogen (secondary N) is 2. The molecule has 2 N–H and O–H groups in total. The monoisotopic (exact) mass is 453 g/mol. The normalized spacial score (nSPS) is 16.1. The number of H-pyrrole nitrogens is 1. The highest BCUT2D eigenvalue weighted by atomic mass is 32.2. The van der Waals surface area contributed by atoms with Crippen molar-refractivity contribution in [1.82, 2.24) is 14.6 Å². The third-order valence-electron chi connectivity index (χ3n) is 5.99. The van der Waals surface area contributed by atoms with E-state index < -0.39 is 16.0 Å². The lowest BCUT2D eigenvalue weighted by atomic mass is 10.0. The van der Waals surface area contributed by atoms with Gasteiger partial charge in [-0.15, -0.1) is 0 Å². The van der Waals surface area contributed by atoms with E-state index in [0.717, 1.165) is 35.0 Å². The Morgan fingerprint density at radius 1 is 1.09 bits per heavy atom. The van der Waals surface area contributed by atoms with E-state index in [4.69, 9.17) is 4.74 Å². The largest absolute Gasteiger partial charge is 0.465 e. The van der Waals surface area contributed by atoms with E-state index in [1.807, 2.05) is 6.07 Å². The third kappa shape index (κ3) is 3.78. The third-order valence-corrected chi connectivity index (χ3v) is 7.53. The Hall–Kier alpha value is -3.17. The number of methoxy groups -OCH3 is 1. The van der Waals surface area contributed by atoms with Gasteiger partial charge in [0.15, 0.2) is 0 Å². The van der Waals surface area contributed by atoms with Gasteiger partial charge in [-0.05, 0) is 55.3 Å². The predicted molar refractivity (Wildman–Crippen MR) is 118 cm³/mol. The summed E-state index contributed by atoms with van der Waals surface area (Å²) in [6.07, 6.45) is 2.39. The molecule has 1 amide bonds. The summed E-state index contributed by atoms with van der Waals surface area (Å²) >= 11 is 0. The summed E-state index contributed by atoms with van der Waals surface area (Å²) < 4.78 is 32.2. The summed E-state index contributed by atoms with van der Waals surface area (Å²) in [7, 11) is -2.21. The summed E-state index contributed by atoms with van der Waals surface area (Å²) in [5, 5.41) is 0.896. The van der Waals surface area contributed by atoms with Crippen LogP contribution in [0.25, 0.3) is 10.9 Å². The van der Waals surface area contributed by atoms with Crippen LogP contribution in [0.15, 0.2) is 47.4 Å². The number of hydrogen-bond acceptors (Lipinski definition) is 5. The number of aromatic nitrogens is 1. The van der Waals surface area contributed by atoms with Gasteiger partial charge in [-0.2, -0.15) is 0 Å². The van der Waals surface area contributed by atoms with E-state index >= 15 is 0 Å². The average Bonchev–Trinajstić information content (AvgIpc) is 3.54.